The Hall–Kier alpha value is -2.66. The fourth-order valence-corrected chi connectivity index (χ4v) is 5.15. The first-order chi connectivity index (χ1) is 17.2. The Morgan fingerprint density at radius 3 is 2.37 bits per heavy atom. The highest BCUT2D eigenvalue weighted by Crippen LogP contribution is 2.37. The highest BCUT2D eigenvalue weighted by atomic mass is 16.5. The molecule has 0 bridgehead atoms. The molecule has 0 spiro atoms. The molecule has 1 aromatic heterocycles. The quantitative estimate of drug-likeness (QED) is 0.244. The summed E-state index contributed by atoms with van der Waals surface area (Å²) in [5.41, 5.74) is 3.51. The molecule has 0 N–H and O–H groups in total. The van der Waals surface area contributed by atoms with E-state index >= 15 is 0 Å². The molecule has 0 unspecified atom stereocenters. The molecule has 35 heavy (non-hydrogen) atoms. The van der Waals surface area contributed by atoms with Gasteiger partial charge in [0.05, 0.1) is 13.7 Å². The van der Waals surface area contributed by atoms with E-state index in [2.05, 4.69) is 9.88 Å². The lowest BCUT2D eigenvalue weighted by Gasteiger charge is -2.26. The minimum atomic E-state index is 0.0737. The zero-order valence-electron chi connectivity index (χ0n) is 21.3. The normalized spacial score (nSPS) is 17.1. The van der Waals surface area contributed by atoms with Gasteiger partial charge in [-0.25, -0.2) is 0 Å². The van der Waals surface area contributed by atoms with Gasteiger partial charge in [0.2, 0.25) is 0 Å². The number of carbonyl (C=O) groups is 1. The third-order valence-electron chi connectivity index (χ3n) is 7.18. The molecule has 5 nitrogen and oxygen atoms in total. The average Bonchev–Trinajstić information content (AvgIpc) is 3.19. The van der Waals surface area contributed by atoms with Crippen LogP contribution in [0.1, 0.15) is 85.7 Å². The SMILES string of the molecule is COc1cc2c(cc1OCCCCCCCCCN1CCCCC1)C(=O)/C(=C\c1ccncc1)C2. The Kier molecular flexibility index (Phi) is 9.76. The topological polar surface area (TPSA) is 51.7 Å². The lowest BCUT2D eigenvalue weighted by atomic mass is 10.1. The van der Waals surface area contributed by atoms with Crippen LogP contribution in [0.2, 0.25) is 0 Å². The molecule has 1 aliphatic heterocycles. The maximum absolute atomic E-state index is 13.0. The summed E-state index contributed by atoms with van der Waals surface area (Å²) < 4.78 is 11.6. The Labute approximate surface area is 210 Å². The lowest BCUT2D eigenvalue weighted by molar-refractivity contribution is 0.104. The summed E-state index contributed by atoms with van der Waals surface area (Å²) in [5, 5.41) is 0. The third kappa shape index (κ3) is 7.41. The number of allylic oxidation sites excluding steroid dienone is 1. The van der Waals surface area contributed by atoms with Gasteiger partial charge in [0.25, 0.3) is 0 Å². The van der Waals surface area contributed by atoms with Gasteiger partial charge in [-0.15, -0.1) is 0 Å². The number of aromatic nitrogens is 1. The fraction of sp³-hybridized carbons (Fsp3) is 0.533. The summed E-state index contributed by atoms with van der Waals surface area (Å²) in [7, 11) is 1.66. The van der Waals surface area contributed by atoms with Gasteiger partial charge in [0, 0.05) is 30.0 Å². The van der Waals surface area contributed by atoms with Crippen LogP contribution in [-0.2, 0) is 6.42 Å². The van der Waals surface area contributed by atoms with Gasteiger partial charge in [-0.3, -0.25) is 9.78 Å². The predicted molar refractivity (Wildman–Crippen MR) is 141 cm³/mol. The van der Waals surface area contributed by atoms with E-state index in [1.165, 1.54) is 77.4 Å². The molecule has 1 saturated heterocycles. The first kappa shape index (κ1) is 25.4. The molecule has 1 aliphatic carbocycles. The predicted octanol–water partition coefficient (Wildman–Crippen LogP) is 6.51. The highest BCUT2D eigenvalue weighted by Gasteiger charge is 2.27. The molecule has 188 valence electrons. The Morgan fingerprint density at radius 1 is 0.914 bits per heavy atom. The molecule has 0 amide bonds. The minimum absolute atomic E-state index is 0.0737. The number of carbonyl (C=O) groups excluding carboxylic acids is 1. The van der Waals surface area contributed by atoms with Crippen molar-refractivity contribution in [3.63, 3.8) is 0 Å². The number of methoxy groups -OCH3 is 1. The van der Waals surface area contributed by atoms with Crippen LogP contribution in [0.5, 0.6) is 11.5 Å². The summed E-state index contributed by atoms with van der Waals surface area (Å²) in [5.74, 6) is 1.45. The molecular weight excluding hydrogens is 436 g/mol. The first-order valence-corrected chi connectivity index (χ1v) is 13.5. The number of ether oxygens (including phenoxy) is 2. The Morgan fingerprint density at radius 2 is 1.63 bits per heavy atom. The molecule has 2 aromatic rings. The number of fused-ring (bicyclic) bond motifs is 1. The molecule has 2 heterocycles. The van der Waals surface area contributed by atoms with Crippen molar-refractivity contribution in [2.45, 2.75) is 70.6 Å². The van der Waals surface area contributed by atoms with E-state index in [4.69, 9.17) is 9.47 Å². The van der Waals surface area contributed by atoms with E-state index < -0.39 is 0 Å². The van der Waals surface area contributed by atoms with Crippen molar-refractivity contribution in [3.8, 4) is 11.5 Å². The maximum atomic E-state index is 13.0. The van der Waals surface area contributed by atoms with Gasteiger partial charge in [0.1, 0.15) is 0 Å². The second kappa shape index (κ2) is 13.4. The van der Waals surface area contributed by atoms with E-state index in [0.29, 0.717) is 24.5 Å². The van der Waals surface area contributed by atoms with Gasteiger partial charge in [-0.05, 0) is 86.8 Å². The summed E-state index contributed by atoms with van der Waals surface area (Å²) in [6, 6.07) is 7.65. The zero-order valence-corrected chi connectivity index (χ0v) is 21.3. The molecule has 0 atom stereocenters. The van der Waals surface area contributed by atoms with Crippen LogP contribution in [0.4, 0.5) is 0 Å². The van der Waals surface area contributed by atoms with Gasteiger partial charge < -0.3 is 14.4 Å². The number of nitrogens with zero attached hydrogens (tertiary/aromatic N) is 2. The zero-order chi connectivity index (χ0) is 24.3. The summed E-state index contributed by atoms with van der Waals surface area (Å²) in [6.45, 7) is 4.57. The highest BCUT2D eigenvalue weighted by molar-refractivity contribution is 6.15. The standard InChI is InChI=1S/C30H40N2O3/c1-34-28-22-25-21-26(20-24-12-14-31-15-13-24)30(33)27(25)23-29(28)35-19-11-6-4-2-3-5-8-16-32-17-9-7-10-18-32/h12-15,20,22-23H,2-11,16-19,21H2,1H3/b26-20-. The number of rotatable bonds is 13. The van der Waals surface area contributed by atoms with Crippen molar-refractivity contribution in [1.29, 1.82) is 0 Å². The van der Waals surface area contributed by atoms with Gasteiger partial charge in [-0.1, -0.05) is 38.5 Å². The Balaban J connectivity index is 1.16. The number of likely N-dealkylation sites (tertiary alicyclic amines) is 1. The van der Waals surface area contributed by atoms with Crippen LogP contribution in [0.15, 0.2) is 42.2 Å². The molecule has 5 heteroatoms. The van der Waals surface area contributed by atoms with Crippen molar-refractivity contribution in [2.75, 3.05) is 33.4 Å². The van der Waals surface area contributed by atoms with Crippen LogP contribution in [0, 0.1) is 0 Å². The number of unbranched alkanes of at least 4 members (excludes halogenated alkanes) is 6. The van der Waals surface area contributed by atoms with Crippen molar-refractivity contribution < 1.29 is 14.3 Å². The van der Waals surface area contributed by atoms with Gasteiger partial charge in [-0.2, -0.15) is 0 Å². The number of hydrogen-bond acceptors (Lipinski definition) is 5. The average molecular weight is 477 g/mol. The number of benzene rings is 1. The van der Waals surface area contributed by atoms with E-state index in [0.717, 1.165) is 28.7 Å². The van der Waals surface area contributed by atoms with Crippen LogP contribution in [-0.4, -0.2) is 49.0 Å². The van der Waals surface area contributed by atoms with Crippen molar-refractivity contribution in [2.24, 2.45) is 0 Å². The number of pyridine rings is 1. The summed E-state index contributed by atoms with van der Waals surface area (Å²) in [6.07, 6.45) is 19.1. The maximum Gasteiger partial charge on any atom is 0.189 e. The summed E-state index contributed by atoms with van der Waals surface area (Å²) >= 11 is 0. The summed E-state index contributed by atoms with van der Waals surface area (Å²) in [4.78, 5) is 19.7. The van der Waals surface area contributed by atoms with E-state index in [9.17, 15) is 4.79 Å². The molecular formula is C30H40N2O3. The number of ketones is 1. The third-order valence-corrected chi connectivity index (χ3v) is 7.18. The van der Waals surface area contributed by atoms with E-state index in [1.54, 1.807) is 19.5 Å². The molecule has 1 aromatic carbocycles. The van der Waals surface area contributed by atoms with Crippen molar-refractivity contribution in [1.82, 2.24) is 9.88 Å². The van der Waals surface area contributed by atoms with Crippen LogP contribution >= 0.6 is 0 Å². The molecule has 1 fully saturated rings. The van der Waals surface area contributed by atoms with E-state index in [-0.39, 0.29) is 5.78 Å². The Bertz CT molecular complexity index is 981. The van der Waals surface area contributed by atoms with Crippen LogP contribution in [0.25, 0.3) is 6.08 Å². The van der Waals surface area contributed by atoms with Crippen molar-refractivity contribution in [3.05, 3.63) is 58.9 Å². The second-order valence-electron chi connectivity index (χ2n) is 9.84. The molecule has 0 saturated carbocycles. The largest absolute Gasteiger partial charge is 0.493 e. The van der Waals surface area contributed by atoms with Gasteiger partial charge >= 0.3 is 0 Å². The van der Waals surface area contributed by atoms with Crippen LogP contribution in [0.3, 0.4) is 0 Å². The van der Waals surface area contributed by atoms with E-state index in [1.807, 2.05) is 30.3 Å². The van der Waals surface area contributed by atoms with Gasteiger partial charge in [0.15, 0.2) is 17.3 Å². The monoisotopic (exact) mass is 476 g/mol. The minimum Gasteiger partial charge on any atom is -0.493 e. The lowest BCUT2D eigenvalue weighted by Crippen LogP contribution is -2.30. The number of piperidine rings is 1. The number of Topliss-reactive ketones (excluding diaryl/α,β-unsaturated/α-hetero) is 1. The smallest absolute Gasteiger partial charge is 0.189 e. The molecule has 0 radical (unpaired) electrons. The molecule has 2 aliphatic rings. The second-order valence-corrected chi connectivity index (χ2v) is 9.84. The first-order valence-electron chi connectivity index (χ1n) is 13.5. The molecule has 4 rings (SSSR count). The van der Waals surface area contributed by atoms with Crippen molar-refractivity contribution >= 4 is 11.9 Å². The van der Waals surface area contributed by atoms with Crippen LogP contribution < -0.4 is 9.47 Å². The number of hydrogen-bond donors (Lipinski definition) is 0. The fourth-order valence-electron chi connectivity index (χ4n) is 5.15.